The van der Waals surface area contributed by atoms with E-state index in [0.717, 1.165) is 18.5 Å². The topological polar surface area (TPSA) is 60.9 Å². The molecular weight excluding hydrogens is 334 g/mol. The van der Waals surface area contributed by atoms with E-state index in [4.69, 9.17) is 5.73 Å². The second kappa shape index (κ2) is 8.21. The Morgan fingerprint density at radius 2 is 1.70 bits per heavy atom. The Bertz CT molecular complexity index is 991. The van der Waals surface area contributed by atoms with Crippen molar-refractivity contribution in [2.75, 3.05) is 5.73 Å². The number of benzene rings is 2. The lowest BCUT2D eigenvalue weighted by Crippen LogP contribution is -2.22. The average molecular weight is 361 g/mol. The summed E-state index contributed by atoms with van der Waals surface area (Å²) >= 11 is 0. The fraction of sp³-hybridized carbons (Fsp3) is 0.304. The molecule has 2 N–H and O–H groups in total. The third-order valence-electron chi connectivity index (χ3n) is 5.04. The lowest BCUT2D eigenvalue weighted by Gasteiger charge is -2.14. The number of nitrogens with two attached hydrogens (primary N) is 1. The van der Waals surface area contributed by atoms with Crippen LogP contribution in [0.4, 0.5) is 5.95 Å². The van der Waals surface area contributed by atoms with Crippen LogP contribution in [0.1, 0.15) is 40.8 Å². The predicted molar refractivity (Wildman–Crippen MR) is 111 cm³/mol. The van der Waals surface area contributed by atoms with Gasteiger partial charge >= 0.3 is 0 Å². The number of hydrogen-bond acceptors (Lipinski definition) is 3. The first-order valence-electron chi connectivity index (χ1n) is 9.39. The number of hydrogen-bond donors (Lipinski definition) is 1. The monoisotopic (exact) mass is 361 g/mol. The van der Waals surface area contributed by atoms with Crippen LogP contribution in [0.2, 0.25) is 0 Å². The van der Waals surface area contributed by atoms with Crippen LogP contribution in [0.3, 0.4) is 0 Å². The predicted octanol–water partition coefficient (Wildman–Crippen LogP) is 3.80. The van der Waals surface area contributed by atoms with Crippen LogP contribution in [0, 0.1) is 6.92 Å². The fourth-order valence-corrected chi connectivity index (χ4v) is 3.35. The first kappa shape index (κ1) is 18.9. The summed E-state index contributed by atoms with van der Waals surface area (Å²) in [6.07, 6.45) is 2.75. The molecular formula is C23H27N3O. The molecule has 4 nitrogen and oxygen atoms in total. The van der Waals surface area contributed by atoms with Gasteiger partial charge in [0.2, 0.25) is 5.95 Å². The van der Waals surface area contributed by atoms with Gasteiger partial charge in [-0.05, 0) is 48.8 Å². The van der Waals surface area contributed by atoms with Crippen molar-refractivity contribution in [3.8, 4) is 0 Å². The molecule has 3 aromatic rings. The van der Waals surface area contributed by atoms with Crippen LogP contribution in [0.15, 0.2) is 59.4 Å². The zero-order valence-corrected chi connectivity index (χ0v) is 16.3. The number of nitrogen functional groups attached to an aromatic ring is 1. The van der Waals surface area contributed by atoms with Gasteiger partial charge in [0.15, 0.2) is 0 Å². The lowest BCUT2D eigenvalue weighted by molar-refractivity contribution is 0.722. The molecule has 0 aliphatic heterocycles. The summed E-state index contributed by atoms with van der Waals surface area (Å²) in [6, 6.07) is 19.0. The number of rotatable bonds is 6. The Labute approximate surface area is 160 Å². The van der Waals surface area contributed by atoms with Gasteiger partial charge in [-0.1, -0.05) is 61.0 Å². The highest BCUT2D eigenvalue weighted by Gasteiger charge is 2.11. The van der Waals surface area contributed by atoms with E-state index >= 15 is 0 Å². The molecule has 140 valence electrons. The van der Waals surface area contributed by atoms with Crippen molar-refractivity contribution in [1.82, 2.24) is 9.55 Å². The minimum Gasteiger partial charge on any atom is -0.369 e. The molecule has 0 amide bonds. The van der Waals surface area contributed by atoms with Crippen LogP contribution < -0.4 is 11.3 Å². The molecule has 1 aromatic heterocycles. The first-order chi connectivity index (χ1) is 12.9. The van der Waals surface area contributed by atoms with Crippen molar-refractivity contribution >= 4 is 5.95 Å². The Balaban J connectivity index is 1.70. The van der Waals surface area contributed by atoms with Crippen molar-refractivity contribution in [3.05, 3.63) is 92.9 Å². The van der Waals surface area contributed by atoms with Gasteiger partial charge in [-0.25, -0.2) is 4.98 Å². The van der Waals surface area contributed by atoms with Gasteiger partial charge < -0.3 is 5.73 Å². The zero-order valence-electron chi connectivity index (χ0n) is 16.3. The van der Waals surface area contributed by atoms with Crippen LogP contribution >= 0.6 is 0 Å². The summed E-state index contributed by atoms with van der Waals surface area (Å²) < 4.78 is 1.36. The molecule has 2 aromatic carbocycles. The molecule has 0 bridgehead atoms. The van der Waals surface area contributed by atoms with E-state index in [1.54, 1.807) is 13.1 Å². The van der Waals surface area contributed by atoms with Crippen LogP contribution in [0.25, 0.3) is 0 Å². The maximum atomic E-state index is 11.9. The molecule has 4 heteroatoms. The maximum absolute atomic E-state index is 11.9. The quantitative estimate of drug-likeness (QED) is 0.726. The van der Waals surface area contributed by atoms with E-state index in [0.29, 0.717) is 6.42 Å². The minimum atomic E-state index is -0.114. The molecule has 1 atom stereocenters. The minimum absolute atomic E-state index is 0.114. The van der Waals surface area contributed by atoms with Crippen molar-refractivity contribution in [2.24, 2.45) is 7.05 Å². The molecule has 1 heterocycles. The Morgan fingerprint density at radius 3 is 2.37 bits per heavy atom. The standard InChI is InChI=1S/C23H27N3O/c1-16-6-4-7-18(12-16)10-11-19-8-5-9-20(14-19)17(2)13-21-15-22(27)26(3)23(24)25-21/h4-9,12,14-15,17H,10-11,13H2,1-3H3,(H2,24,25)/t17-/m1/s1. The van der Waals surface area contributed by atoms with E-state index in [1.807, 2.05) is 0 Å². The van der Waals surface area contributed by atoms with Crippen LogP contribution in [-0.2, 0) is 26.3 Å². The van der Waals surface area contributed by atoms with Crippen molar-refractivity contribution in [1.29, 1.82) is 0 Å². The molecule has 0 aliphatic rings. The van der Waals surface area contributed by atoms with E-state index in [-0.39, 0.29) is 17.4 Å². The number of nitrogens with zero attached hydrogens (tertiary/aromatic N) is 2. The third-order valence-corrected chi connectivity index (χ3v) is 5.04. The highest BCUT2D eigenvalue weighted by atomic mass is 16.1. The normalized spacial score (nSPS) is 12.1. The molecule has 27 heavy (non-hydrogen) atoms. The Kier molecular flexibility index (Phi) is 5.75. The second-order valence-corrected chi connectivity index (χ2v) is 7.34. The highest BCUT2D eigenvalue weighted by molar-refractivity contribution is 5.30. The second-order valence-electron chi connectivity index (χ2n) is 7.34. The van der Waals surface area contributed by atoms with Gasteiger partial charge in [0.1, 0.15) is 0 Å². The smallest absolute Gasteiger partial charge is 0.254 e. The van der Waals surface area contributed by atoms with Gasteiger partial charge in [-0.15, -0.1) is 0 Å². The number of aryl methyl sites for hydroxylation is 3. The van der Waals surface area contributed by atoms with E-state index < -0.39 is 0 Å². The summed E-state index contributed by atoms with van der Waals surface area (Å²) in [6.45, 7) is 4.29. The molecule has 0 fully saturated rings. The molecule has 3 rings (SSSR count). The molecule has 0 unspecified atom stereocenters. The van der Waals surface area contributed by atoms with Gasteiger partial charge in [-0.3, -0.25) is 9.36 Å². The van der Waals surface area contributed by atoms with E-state index in [9.17, 15) is 4.79 Å². The fourth-order valence-electron chi connectivity index (χ4n) is 3.35. The zero-order chi connectivity index (χ0) is 19.4. The lowest BCUT2D eigenvalue weighted by atomic mass is 9.93. The van der Waals surface area contributed by atoms with E-state index in [2.05, 4.69) is 67.4 Å². The Morgan fingerprint density at radius 1 is 1.04 bits per heavy atom. The van der Waals surface area contributed by atoms with Crippen molar-refractivity contribution < 1.29 is 0 Å². The van der Waals surface area contributed by atoms with Gasteiger partial charge in [0.05, 0.1) is 5.69 Å². The third kappa shape index (κ3) is 4.85. The van der Waals surface area contributed by atoms with E-state index in [1.165, 1.54) is 26.8 Å². The molecule has 0 aliphatic carbocycles. The first-order valence-corrected chi connectivity index (χ1v) is 9.39. The van der Waals surface area contributed by atoms with Crippen LogP contribution in [0.5, 0.6) is 0 Å². The van der Waals surface area contributed by atoms with Gasteiger partial charge in [-0.2, -0.15) is 0 Å². The maximum Gasteiger partial charge on any atom is 0.254 e. The number of anilines is 1. The van der Waals surface area contributed by atoms with Crippen molar-refractivity contribution in [3.63, 3.8) is 0 Å². The molecule has 0 saturated heterocycles. The summed E-state index contributed by atoms with van der Waals surface area (Å²) in [7, 11) is 1.63. The molecule has 0 saturated carbocycles. The highest BCUT2D eigenvalue weighted by Crippen LogP contribution is 2.21. The summed E-state index contributed by atoms with van der Waals surface area (Å²) in [5, 5.41) is 0. The SMILES string of the molecule is Cc1cccc(CCc2cccc([C@H](C)Cc3cc(=O)n(C)c(N)n3)c2)c1. The molecule has 0 spiro atoms. The summed E-state index contributed by atoms with van der Waals surface area (Å²) in [5.74, 6) is 0.527. The average Bonchev–Trinajstić information content (AvgIpc) is 2.65. The Hall–Kier alpha value is -2.88. The summed E-state index contributed by atoms with van der Waals surface area (Å²) in [5.41, 5.74) is 11.7. The largest absolute Gasteiger partial charge is 0.369 e. The van der Waals surface area contributed by atoms with Crippen LogP contribution in [-0.4, -0.2) is 9.55 Å². The van der Waals surface area contributed by atoms with Crippen molar-refractivity contribution in [2.45, 2.75) is 39.0 Å². The van der Waals surface area contributed by atoms with Gasteiger partial charge in [0, 0.05) is 13.1 Å². The molecule has 0 radical (unpaired) electrons. The summed E-state index contributed by atoms with van der Waals surface area (Å²) in [4.78, 5) is 16.3. The van der Waals surface area contributed by atoms with Gasteiger partial charge in [0.25, 0.3) is 5.56 Å². The number of aromatic nitrogens is 2.